The zero-order valence-electron chi connectivity index (χ0n) is 21.4. The molecule has 36 heavy (non-hydrogen) atoms. The van der Waals surface area contributed by atoms with Crippen molar-refractivity contribution in [1.82, 2.24) is 9.80 Å². The summed E-state index contributed by atoms with van der Waals surface area (Å²) in [4.78, 5) is 40.5. The molecule has 0 bridgehead atoms. The van der Waals surface area contributed by atoms with Crippen LogP contribution in [0.15, 0.2) is 48.0 Å². The van der Waals surface area contributed by atoms with Gasteiger partial charge in [-0.05, 0) is 69.2 Å². The van der Waals surface area contributed by atoms with Crippen molar-refractivity contribution in [2.24, 2.45) is 5.92 Å². The molecule has 1 heterocycles. The van der Waals surface area contributed by atoms with Gasteiger partial charge in [0, 0.05) is 24.2 Å². The fourth-order valence-corrected chi connectivity index (χ4v) is 4.19. The number of carbonyl (C=O) groups is 2. The number of carbonyl (C=O) groups excluding carboxylic acids is 2. The molecule has 1 amide bonds. The number of benzene rings is 2. The number of non-ortho nitro benzene ring substituents is 1. The Bertz CT molecular complexity index is 1190. The summed E-state index contributed by atoms with van der Waals surface area (Å²) in [6, 6.07) is 9.96. The van der Waals surface area contributed by atoms with Crippen LogP contribution in [-0.4, -0.2) is 65.3 Å². The topological polar surface area (TPSA) is 113 Å². The van der Waals surface area contributed by atoms with Gasteiger partial charge in [-0.3, -0.25) is 19.7 Å². The summed E-state index contributed by atoms with van der Waals surface area (Å²) in [5, 5.41) is 22.7. The van der Waals surface area contributed by atoms with Crippen LogP contribution < -0.4 is 4.74 Å². The first-order valence-electron chi connectivity index (χ1n) is 11.9. The second-order valence-corrected chi connectivity index (χ2v) is 9.69. The molecule has 3 rings (SSSR count). The summed E-state index contributed by atoms with van der Waals surface area (Å²) < 4.78 is 5.81. The van der Waals surface area contributed by atoms with Gasteiger partial charge in [-0.2, -0.15) is 0 Å². The Morgan fingerprint density at radius 3 is 2.53 bits per heavy atom. The number of nitrogens with zero attached hydrogens (tertiary/aromatic N) is 3. The number of amides is 1. The number of rotatable bonds is 10. The van der Waals surface area contributed by atoms with Crippen LogP contribution in [0.5, 0.6) is 5.75 Å². The molecule has 2 aromatic rings. The molecule has 9 heteroatoms. The number of ketones is 1. The first-order chi connectivity index (χ1) is 17.0. The van der Waals surface area contributed by atoms with E-state index >= 15 is 0 Å². The molecule has 0 aromatic heterocycles. The summed E-state index contributed by atoms with van der Waals surface area (Å²) in [5.41, 5.74) is 1.29. The highest BCUT2D eigenvalue weighted by Gasteiger charge is 2.46. The summed E-state index contributed by atoms with van der Waals surface area (Å²) in [5.74, 6) is -0.860. The summed E-state index contributed by atoms with van der Waals surface area (Å²) in [7, 11) is 3.81. The van der Waals surface area contributed by atoms with E-state index in [0.29, 0.717) is 42.4 Å². The van der Waals surface area contributed by atoms with Gasteiger partial charge in [0.2, 0.25) is 0 Å². The molecule has 1 atom stereocenters. The maximum absolute atomic E-state index is 13.2. The van der Waals surface area contributed by atoms with Crippen molar-refractivity contribution in [3.8, 4) is 5.75 Å². The first kappa shape index (κ1) is 26.9. The van der Waals surface area contributed by atoms with Gasteiger partial charge in [-0.15, -0.1) is 0 Å². The minimum atomic E-state index is -0.941. The number of nitro groups is 1. The average molecular weight is 496 g/mol. The van der Waals surface area contributed by atoms with Gasteiger partial charge in [0.05, 0.1) is 23.1 Å². The van der Waals surface area contributed by atoms with Crippen LogP contribution in [0.4, 0.5) is 5.69 Å². The number of hydrogen-bond acceptors (Lipinski definition) is 7. The highest BCUT2D eigenvalue weighted by Crippen LogP contribution is 2.40. The Morgan fingerprint density at radius 1 is 1.19 bits per heavy atom. The van der Waals surface area contributed by atoms with Crippen molar-refractivity contribution in [2.75, 3.05) is 33.8 Å². The van der Waals surface area contributed by atoms with E-state index in [4.69, 9.17) is 4.74 Å². The van der Waals surface area contributed by atoms with Crippen LogP contribution in [-0.2, 0) is 9.59 Å². The highest BCUT2D eigenvalue weighted by atomic mass is 16.6. The predicted octanol–water partition coefficient (Wildman–Crippen LogP) is 4.31. The number of nitro benzene ring substituents is 1. The largest absolute Gasteiger partial charge is 0.507 e. The molecule has 0 radical (unpaired) electrons. The normalized spacial score (nSPS) is 17.3. The Balaban J connectivity index is 2.09. The van der Waals surface area contributed by atoms with Crippen LogP contribution in [0.3, 0.4) is 0 Å². The number of aliphatic hydroxyl groups is 1. The molecule has 0 saturated carbocycles. The lowest BCUT2D eigenvalue weighted by Gasteiger charge is -2.26. The fraction of sp³-hybridized carbons (Fsp3) is 0.407. The van der Waals surface area contributed by atoms with E-state index in [0.717, 1.165) is 5.56 Å². The van der Waals surface area contributed by atoms with Gasteiger partial charge >= 0.3 is 0 Å². The number of Topliss-reactive ketones (excluding diaryl/α,β-unsaturated/α-hetero) is 1. The summed E-state index contributed by atoms with van der Waals surface area (Å²) in [6.45, 7) is 7.40. The van der Waals surface area contributed by atoms with Gasteiger partial charge in [0.1, 0.15) is 11.5 Å². The van der Waals surface area contributed by atoms with Crippen molar-refractivity contribution < 1.29 is 24.4 Å². The molecule has 192 valence electrons. The van der Waals surface area contributed by atoms with Crippen molar-refractivity contribution in [2.45, 2.75) is 33.2 Å². The number of hydrogen-bond donors (Lipinski definition) is 1. The second-order valence-electron chi connectivity index (χ2n) is 9.69. The van der Waals surface area contributed by atoms with Crippen molar-refractivity contribution in [3.05, 3.63) is 74.8 Å². The standard InChI is InChI=1S/C27H33N3O6/c1-17(2)16-36-22-11-10-20(14-18(22)3)25(31)23-24(19-8-6-9-21(15-19)30(34)35)29(27(33)26(23)32)13-7-12-28(4)5/h6,8-11,14-15,17,24,31H,7,12-13,16H2,1-5H3/b25-23+/t24-/m1/s1. The third-order valence-corrected chi connectivity index (χ3v) is 5.96. The van der Waals surface area contributed by atoms with E-state index in [1.165, 1.54) is 23.1 Å². The highest BCUT2D eigenvalue weighted by molar-refractivity contribution is 6.46. The molecule has 0 spiro atoms. The summed E-state index contributed by atoms with van der Waals surface area (Å²) in [6.07, 6.45) is 0.590. The number of likely N-dealkylation sites (tertiary alicyclic amines) is 1. The molecule has 1 saturated heterocycles. The van der Waals surface area contributed by atoms with E-state index in [9.17, 15) is 24.8 Å². The lowest BCUT2D eigenvalue weighted by atomic mass is 9.94. The number of aryl methyl sites for hydroxylation is 1. The van der Waals surface area contributed by atoms with Gasteiger partial charge in [-0.25, -0.2) is 0 Å². The van der Waals surface area contributed by atoms with Gasteiger partial charge in [-0.1, -0.05) is 26.0 Å². The lowest BCUT2D eigenvalue weighted by Crippen LogP contribution is -2.32. The van der Waals surface area contributed by atoms with Gasteiger partial charge < -0.3 is 19.6 Å². The van der Waals surface area contributed by atoms with E-state index < -0.39 is 22.7 Å². The monoisotopic (exact) mass is 495 g/mol. The molecule has 0 unspecified atom stereocenters. The van der Waals surface area contributed by atoms with Gasteiger partial charge in [0.15, 0.2) is 0 Å². The molecule has 1 fully saturated rings. The van der Waals surface area contributed by atoms with Gasteiger partial charge in [0.25, 0.3) is 17.4 Å². The van der Waals surface area contributed by atoms with Crippen LogP contribution in [0.25, 0.3) is 5.76 Å². The van der Waals surface area contributed by atoms with E-state index in [1.807, 2.05) is 39.8 Å². The fourth-order valence-electron chi connectivity index (χ4n) is 4.19. The lowest BCUT2D eigenvalue weighted by molar-refractivity contribution is -0.384. The summed E-state index contributed by atoms with van der Waals surface area (Å²) >= 11 is 0. The molecule has 1 aliphatic heterocycles. The van der Waals surface area contributed by atoms with Crippen LogP contribution in [0.2, 0.25) is 0 Å². The Kier molecular flexibility index (Phi) is 8.47. The SMILES string of the molecule is Cc1cc(/C(O)=C2\C(=O)C(=O)N(CCCN(C)C)[C@@H]2c2cccc([N+](=O)[O-])c2)ccc1OCC(C)C. The zero-order valence-corrected chi connectivity index (χ0v) is 21.4. The van der Waals surface area contributed by atoms with Crippen LogP contribution in [0.1, 0.15) is 43.0 Å². The molecular weight excluding hydrogens is 462 g/mol. The maximum atomic E-state index is 13.2. The Hall–Kier alpha value is -3.72. The van der Waals surface area contributed by atoms with E-state index in [2.05, 4.69) is 0 Å². The zero-order chi connectivity index (χ0) is 26.6. The molecule has 0 aliphatic carbocycles. The minimum Gasteiger partial charge on any atom is -0.507 e. The second kappa shape index (κ2) is 11.3. The molecule has 2 aromatic carbocycles. The predicted molar refractivity (Wildman–Crippen MR) is 137 cm³/mol. The van der Waals surface area contributed by atoms with Crippen LogP contribution in [0, 0.1) is 23.0 Å². The number of ether oxygens (including phenoxy) is 1. The van der Waals surface area contributed by atoms with E-state index in [-0.39, 0.29) is 23.6 Å². The third kappa shape index (κ3) is 5.91. The van der Waals surface area contributed by atoms with Crippen molar-refractivity contribution in [1.29, 1.82) is 0 Å². The average Bonchev–Trinajstić information content (AvgIpc) is 3.07. The molecule has 9 nitrogen and oxygen atoms in total. The molecule has 1 N–H and O–H groups in total. The number of aliphatic hydroxyl groups excluding tert-OH is 1. The van der Waals surface area contributed by atoms with Crippen molar-refractivity contribution >= 4 is 23.1 Å². The molecule has 1 aliphatic rings. The van der Waals surface area contributed by atoms with E-state index in [1.54, 1.807) is 24.3 Å². The third-order valence-electron chi connectivity index (χ3n) is 5.96. The van der Waals surface area contributed by atoms with Crippen LogP contribution >= 0.6 is 0 Å². The van der Waals surface area contributed by atoms with Crippen molar-refractivity contribution in [3.63, 3.8) is 0 Å². The smallest absolute Gasteiger partial charge is 0.295 e. The minimum absolute atomic E-state index is 0.0828. The first-order valence-corrected chi connectivity index (χ1v) is 11.9. The molecular formula is C27H33N3O6. The Labute approximate surface area is 211 Å². The quantitative estimate of drug-likeness (QED) is 0.172. The maximum Gasteiger partial charge on any atom is 0.295 e. The Morgan fingerprint density at radius 2 is 1.92 bits per heavy atom.